The highest BCUT2D eigenvalue weighted by atomic mass is 16.4. The SMILES string of the molecule is CCCCCC1C=CC(CCCCCC(C(=O)O)C(O)CCC2(O)CC(Cc3ccnc(N)c3)CC2Cc2cc(CC)c(-c3cccc([O-])c3)[nH]2)C(O)C1. The molecular weight excluding hydrogens is 679 g/mol. The van der Waals surface area contributed by atoms with Gasteiger partial charge in [-0.25, -0.2) is 4.98 Å². The fourth-order valence-electron chi connectivity index (χ4n) is 9.34. The minimum Gasteiger partial charge on any atom is -0.872 e. The first-order valence-electron chi connectivity index (χ1n) is 20.7. The van der Waals surface area contributed by atoms with Crippen LogP contribution in [0.25, 0.3) is 11.3 Å². The van der Waals surface area contributed by atoms with Crippen molar-refractivity contribution in [1.82, 2.24) is 9.97 Å². The van der Waals surface area contributed by atoms with Crippen molar-refractivity contribution in [2.75, 3.05) is 5.73 Å². The van der Waals surface area contributed by atoms with Crippen LogP contribution < -0.4 is 10.8 Å². The van der Waals surface area contributed by atoms with E-state index in [1.807, 2.05) is 18.2 Å². The number of aliphatic hydroxyl groups excluding tert-OH is 2. The Morgan fingerprint density at radius 1 is 1.02 bits per heavy atom. The number of nitrogens with zero attached hydrogens (tertiary/aromatic N) is 1. The first-order valence-corrected chi connectivity index (χ1v) is 20.7. The number of aryl methyl sites for hydroxylation is 1. The van der Waals surface area contributed by atoms with Crippen molar-refractivity contribution in [3.63, 3.8) is 0 Å². The number of aromatic amines is 1. The number of pyridine rings is 1. The molecule has 7 N–H and O–H groups in total. The number of nitrogen functional groups attached to an aromatic ring is 1. The summed E-state index contributed by atoms with van der Waals surface area (Å²) in [5, 5.41) is 56.6. The molecule has 0 spiro atoms. The smallest absolute Gasteiger partial charge is 0.309 e. The molecule has 2 aliphatic rings. The van der Waals surface area contributed by atoms with Crippen molar-refractivity contribution in [3.8, 4) is 17.0 Å². The number of nitrogens with one attached hydrogen (secondary N) is 1. The number of aromatic nitrogens is 2. The number of allylic oxidation sites excluding steroid dienone is 1. The molecular formula is C45H64N3O6-. The van der Waals surface area contributed by atoms with Crippen molar-refractivity contribution in [3.05, 3.63) is 77.6 Å². The third-order valence-corrected chi connectivity index (χ3v) is 12.4. The maximum atomic E-state index is 12.4. The standard InChI is InChI=1S/C45H65N3O6/c1-3-5-7-11-30-16-17-34(41(51)24-30)12-8-6-9-15-39(44(52)53)40(50)18-20-45(54)29-32(22-31-19-21-47-42(46)25-31)23-36(45)28-37-26-33(4-2)43(48-37)35-13-10-14-38(49)27-35/h10,13-14,16-17,19,21,25-27,30,32,34,36,39-41,48-51,54H,3-9,11-12,15,18,20,22-24,28-29H2,1-2H3,(H2,46,47)(H,52,53)/p-1. The van der Waals surface area contributed by atoms with Crippen LogP contribution in [0.15, 0.2) is 60.8 Å². The fraction of sp³-hybridized carbons (Fsp3) is 0.600. The number of hydrogen-bond donors (Lipinski definition) is 6. The second kappa shape index (κ2) is 19.8. The quantitative estimate of drug-likeness (QED) is 0.0474. The Labute approximate surface area is 322 Å². The summed E-state index contributed by atoms with van der Waals surface area (Å²) in [7, 11) is 0. The van der Waals surface area contributed by atoms with Crippen LogP contribution in [0, 0.1) is 29.6 Å². The topological polar surface area (TPSA) is 176 Å². The molecule has 5 rings (SSSR count). The van der Waals surface area contributed by atoms with Crippen LogP contribution >= 0.6 is 0 Å². The highest BCUT2D eigenvalue weighted by Crippen LogP contribution is 2.46. The number of hydrogen-bond acceptors (Lipinski definition) is 7. The van der Waals surface area contributed by atoms with E-state index >= 15 is 0 Å². The molecule has 296 valence electrons. The van der Waals surface area contributed by atoms with Gasteiger partial charge in [0.25, 0.3) is 0 Å². The number of anilines is 1. The number of H-pyrrole nitrogens is 1. The summed E-state index contributed by atoms with van der Waals surface area (Å²) in [5.41, 5.74) is 9.81. The highest BCUT2D eigenvalue weighted by Gasteiger charge is 2.46. The van der Waals surface area contributed by atoms with E-state index in [9.17, 15) is 30.3 Å². The lowest BCUT2D eigenvalue weighted by Crippen LogP contribution is -2.37. The number of carboxylic acid groups (broad SMARTS) is 1. The number of benzene rings is 1. The summed E-state index contributed by atoms with van der Waals surface area (Å²) in [6, 6.07) is 12.9. The molecule has 1 aromatic carbocycles. The summed E-state index contributed by atoms with van der Waals surface area (Å²) < 4.78 is 0. The molecule has 0 amide bonds. The largest absolute Gasteiger partial charge is 0.872 e. The molecule has 9 nitrogen and oxygen atoms in total. The van der Waals surface area contributed by atoms with Gasteiger partial charge in [-0.05, 0) is 123 Å². The summed E-state index contributed by atoms with van der Waals surface area (Å²) in [6.45, 7) is 4.29. The number of aliphatic hydroxyl groups is 3. The van der Waals surface area contributed by atoms with Gasteiger partial charge in [0.15, 0.2) is 0 Å². The lowest BCUT2D eigenvalue weighted by molar-refractivity contribution is -0.268. The maximum absolute atomic E-state index is 12.4. The van der Waals surface area contributed by atoms with Gasteiger partial charge in [0, 0.05) is 23.5 Å². The van der Waals surface area contributed by atoms with Gasteiger partial charge in [0.05, 0.1) is 23.7 Å². The van der Waals surface area contributed by atoms with E-state index < -0.39 is 23.6 Å². The molecule has 0 radical (unpaired) electrons. The van der Waals surface area contributed by atoms with Crippen LogP contribution in [0.5, 0.6) is 5.75 Å². The second-order valence-corrected chi connectivity index (χ2v) is 16.5. The van der Waals surface area contributed by atoms with E-state index in [2.05, 4.69) is 42.0 Å². The summed E-state index contributed by atoms with van der Waals surface area (Å²) in [5.74, 6) is -0.802. The Balaban J connectivity index is 1.19. The Kier molecular flexibility index (Phi) is 15.2. The van der Waals surface area contributed by atoms with E-state index in [0.29, 0.717) is 43.8 Å². The molecule has 2 heterocycles. The number of nitrogens with two attached hydrogens (primary N) is 1. The van der Waals surface area contributed by atoms with Gasteiger partial charge < -0.3 is 36.3 Å². The zero-order chi connectivity index (χ0) is 38.7. The molecule has 2 aromatic heterocycles. The molecule has 0 saturated heterocycles. The van der Waals surface area contributed by atoms with E-state index in [0.717, 1.165) is 79.4 Å². The first-order chi connectivity index (χ1) is 26.0. The normalized spacial score (nSPS) is 25.2. The number of aliphatic carboxylic acids is 1. The Morgan fingerprint density at radius 2 is 1.83 bits per heavy atom. The Bertz CT molecular complexity index is 1660. The van der Waals surface area contributed by atoms with Crippen molar-refractivity contribution >= 4 is 11.8 Å². The average molecular weight is 743 g/mol. The van der Waals surface area contributed by atoms with Gasteiger partial charge in [-0.3, -0.25) is 4.79 Å². The fourth-order valence-corrected chi connectivity index (χ4v) is 9.34. The van der Waals surface area contributed by atoms with Crippen molar-refractivity contribution < 1.29 is 30.3 Å². The zero-order valence-corrected chi connectivity index (χ0v) is 32.5. The van der Waals surface area contributed by atoms with Gasteiger partial charge in [-0.15, -0.1) is 5.75 Å². The molecule has 3 aromatic rings. The minimum absolute atomic E-state index is 0.0449. The van der Waals surface area contributed by atoms with Gasteiger partial charge in [-0.1, -0.05) is 88.8 Å². The van der Waals surface area contributed by atoms with Gasteiger partial charge in [0.2, 0.25) is 0 Å². The molecule has 8 atom stereocenters. The molecule has 54 heavy (non-hydrogen) atoms. The number of carboxylic acids is 1. The van der Waals surface area contributed by atoms with Crippen molar-refractivity contribution in [1.29, 1.82) is 0 Å². The Morgan fingerprint density at radius 3 is 2.56 bits per heavy atom. The number of carbonyl (C=O) groups is 1. The van der Waals surface area contributed by atoms with Gasteiger partial charge >= 0.3 is 5.97 Å². The lowest BCUT2D eigenvalue weighted by Gasteiger charge is -2.32. The van der Waals surface area contributed by atoms with Crippen molar-refractivity contribution in [2.45, 2.75) is 141 Å². The minimum atomic E-state index is -1.09. The van der Waals surface area contributed by atoms with Crippen LogP contribution in [0.2, 0.25) is 0 Å². The molecule has 1 fully saturated rings. The van der Waals surface area contributed by atoms with Gasteiger partial charge in [-0.2, -0.15) is 0 Å². The summed E-state index contributed by atoms with van der Waals surface area (Å²) >= 11 is 0. The van der Waals surface area contributed by atoms with Crippen LogP contribution in [0.4, 0.5) is 5.82 Å². The van der Waals surface area contributed by atoms with E-state index in [4.69, 9.17) is 5.73 Å². The van der Waals surface area contributed by atoms with Crippen LogP contribution in [-0.2, 0) is 24.1 Å². The first kappa shape index (κ1) is 41.5. The lowest BCUT2D eigenvalue weighted by atomic mass is 9.80. The molecule has 0 bridgehead atoms. The molecule has 9 heteroatoms. The average Bonchev–Trinajstić information content (AvgIpc) is 3.69. The van der Waals surface area contributed by atoms with Crippen LogP contribution in [0.3, 0.4) is 0 Å². The molecule has 1 saturated carbocycles. The number of rotatable bonds is 21. The summed E-state index contributed by atoms with van der Waals surface area (Å²) in [4.78, 5) is 20.1. The van der Waals surface area contributed by atoms with E-state index in [1.165, 1.54) is 19.3 Å². The second-order valence-electron chi connectivity index (χ2n) is 16.5. The van der Waals surface area contributed by atoms with Crippen molar-refractivity contribution in [2.24, 2.45) is 29.6 Å². The Hall–Kier alpha value is -3.66. The van der Waals surface area contributed by atoms with Gasteiger partial charge in [0.1, 0.15) is 5.82 Å². The van der Waals surface area contributed by atoms with E-state index in [-0.39, 0.29) is 36.0 Å². The maximum Gasteiger partial charge on any atom is 0.309 e. The molecule has 8 unspecified atom stereocenters. The predicted molar refractivity (Wildman–Crippen MR) is 213 cm³/mol. The van der Waals surface area contributed by atoms with Crippen LogP contribution in [-0.4, -0.2) is 54.2 Å². The molecule has 2 aliphatic carbocycles. The monoisotopic (exact) mass is 742 g/mol. The zero-order valence-electron chi connectivity index (χ0n) is 32.5. The highest BCUT2D eigenvalue weighted by molar-refractivity contribution is 5.70. The number of unbranched alkanes of at least 4 members (excludes halogenated alkanes) is 4. The van der Waals surface area contributed by atoms with Crippen LogP contribution in [0.1, 0.15) is 121 Å². The third kappa shape index (κ3) is 11.4. The summed E-state index contributed by atoms with van der Waals surface area (Å²) in [6.07, 6.45) is 18.0. The van der Waals surface area contributed by atoms with E-state index in [1.54, 1.807) is 24.4 Å². The third-order valence-electron chi connectivity index (χ3n) is 12.4. The predicted octanol–water partition coefficient (Wildman–Crippen LogP) is 7.76. The molecule has 0 aliphatic heterocycles.